The van der Waals surface area contributed by atoms with Gasteiger partial charge in [0.1, 0.15) is 6.10 Å². The van der Waals surface area contributed by atoms with Crippen LogP contribution in [-0.2, 0) is 9.16 Å². The van der Waals surface area contributed by atoms with Crippen molar-refractivity contribution in [3.05, 3.63) is 60.7 Å². The zero-order valence-electron chi connectivity index (χ0n) is 15.8. The summed E-state index contributed by atoms with van der Waals surface area (Å²) in [5.41, 5.74) is 0. The minimum absolute atomic E-state index is 0.00120. The van der Waals surface area contributed by atoms with Gasteiger partial charge in [0.2, 0.25) is 0 Å². The summed E-state index contributed by atoms with van der Waals surface area (Å²) in [4.78, 5) is 0. The molecule has 1 aliphatic heterocycles. The van der Waals surface area contributed by atoms with E-state index >= 15 is 0 Å². The van der Waals surface area contributed by atoms with Crippen molar-refractivity contribution in [1.29, 1.82) is 5.26 Å². The molecular weight excluding hydrogens is 338 g/mol. The van der Waals surface area contributed by atoms with Crippen molar-refractivity contribution in [2.24, 2.45) is 0 Å². The van der Waals surface area contributed by atoms with Crippen LogP contribution in [-0.4, -0.2) is 27.1 Å². The molecule has 0 N–H and O–H groups in total. The average Bonchev–Trinajstić information content (AvgIpc) is 3.11. The van der Waals surface area contributed by atoms with Crippen LogP contribution in [0.15, 0.2) is 60.7 Å². The van der Waals surface area contributed by atoms with Crippen LogP contribution < -0.4 is 10.4 Å². The molecule has 1 aliphatic rings. The highest BCUT2D eigenvalue weighted by Gasteiger charge is 2.50. The second-order valence-corrected chi connectivity index (χ2v) is 12.2. The van der Waals surface area contributed by atoms with E-state index in [9.17, 15) is 0 Å². The lowest BCUT2D eigenvalue weighted by Crippen LogP contribution is -2.67. The molecule has 2 aromatic carbocycles. The quantitative estimate of drug-likeness (QED) is 0.760. The van der Waals surface area contributed by atoms with E-state index in [1.54, 1.807) is 0 Å². The first kappa shape index (κ1) is 18.8. The molecule has 2 aromatic rings. The summed E-state index contributed by atoms with van der Waals surface area (Å²) in [6.07, 6.45) is 1.39. The number of hydrogen-bond acceptors (Lipinski definition) is 3. The minimum Gasteiger partial charge on any atom is -0.405 e. The fraction of sp³-hybridized carbons (Fsp3) is 0.409. The molecule has 3 rings (SSSR count). The lowest BCUT2D eigenvalue weighted by Gasteiger charge is -2.43. The van der Waals surface area contributed by atoms with Crippen LogP contribution in [0.25, 0.3) is 0 Å². The lowest BCUT2D eigenvalue weighted by molar-refractivity contribution is 0.0385. The summed E-state index contributed by atoms with van der Waals surface area (Å²) in [6.45, 7) is 7.35. The summed E-state index contributed by atoms with van der Waals surface area (Å²) < 4.78 is 12.7. The van der Waals surface area contributed by atoms with Crippen molar-refractivity contribution in [3.8, 4) is 6.07 Å². The SMILES string of the molecule is CC(C)(C)[Si](OC[C@@H]1CC[C@H](C#N)O1)(c1ccccc1)c1ccccc1. The normalized spacial score (nSPS) is 20.7. The van der Waals surface area contributed by atoms with Crippen molar-refractivity contribution in [2.75, 3.05) is 6.61 Å². The highest BCUT2D eigenvalue weighted by atomic mass is 28.4. The molecule has 26 heavy (non-hydrogen) atoms. The second kappa shape index (κ2) is 7.75. The van der Waals surface area contributed by atoms with Gasteiger partial charge in [-0.1, -0.05) is 81.4 Å². The highest BCUT2D eigenvalue weighted by molar-refractivity contribution is 6.99. The van der Waals surface area contributed by atoms with Gasteiger partial charge in [0, 0.05) is 0 Å². The van der Waals surface area contributed by atoms with Gasteiger partial charge in [-0.25, -0.2) is 0 Å². The maximum atomic E-state index is 9.09. The highest BCUT2D eigenvalue weighted by Crippen LogP contribution is 2.37. The minimum atomic E-state index is -2.51. The van der Waals surface area contributed by atoms with Crippen LogP contribution >= 0.6 is 0 Å². The maximum absolute atomic E-state index is 9.09. The predicted molar refractivity (Wildman–Crippen MR) is 107 cm³/mol. The van der Waals surface area contributed by atoms with Gasteiger partial charge in [0.15, 0.2) is 0 Å². The van der Waals surface area contributed by atoms with Crippen LogP contribution in [0.4, 0.5) is 0 Å². The lowest BCUT2D eigenvalue weighted by atomic mass is 10.2. The van der Waals surface area contributed by atoms with E-state index in [4.69, 9.17) is 14.4 Å². The predicted octanol–water partition coefficient (Wildman–Crippen LogP) is 3.63. The molecular formula is C22H27NO2Si. The first-order valence-electron chi connectivity index (χ1n) is 9.27. The summed E-state index contributed by atoms with van der Waals surface area (Å²) in [6, 6.07) is 23.4. The molecule has 0 radical (unpaired) electrons. The maximum Gasteiger partial charge on any atom is 0.261 e. The molecule has 0 saturated carbocycles. The number of ether oxygens (including phenoxy) is 1. The van der Waals surface area contributed by atoms with Gasteiger partial charge in [-0.15, -0.1) is 0 Å². The number of hydrogen-bond donors (Lipinski definition) is 0. The van der Waals surface area contributed by atoms with Gasteiger partial charge in [-0.05, 0) is 28.3 Å². The van der Waals surface area contributed by atoms with Crippen molar-refractivity contribution < 1.29 is 9.16 Å². The van der Waals surface area contributed by atoms with Crippen LogP contribution in [0.5, 0.6) is 0 Å². The van der Waals surface area contributed by atoms with Crippen molar-refractivity contribution >= 4 is 18.7 Å². The molecule has 136 valence electrons. The molecule has 0 spiro atoms. The van der Waals surface area contributed by atoms with E-state index < -0.39 is 8.32 Å². The molecule has 1 heterocycles. The zero-order valence-corrected chi connectivity index (χ0v) is 16.8. The molecule has 0 unspecified atom stereocenters. The second-order valence-electron chi connectivity index (χ2n) is 7.93. The molecule has 0 aromatic heterocycles. The van der Waals surface area contributed by atoms with Crippen LogP contribution in [0.2, 0.25) is 5.04 Å². The third-order valence-electron chi connectivity index (χ3n) is 5.15. The Morgan fingerprint density at radius 1 is 1.00 bits per heavy atom. The molecule has 0 amide bonds. The van der Waals surface area contributed by atoms with E-state index in [0.29, 0.717) is 6.61 Å². The monoisotopic (exact) mass is 365 g/mol. The standard InChI is InChI=1S/C22H27NO2Si/c1-22(2,3)26(20-10-6-4-7-11-20,21-12-8-5-9-13-21)24-17-19-15-14-18(16-23)25-19/h4-13,18-19H,14-15,17H2,1-3H3/t18-,19+/m1/s1. The van der Waals surface area contributed by atoms with E-state index in [-0.39, 0.29) is 17.2 Å². The van der Waals surface area contributed by atoms with Crippen LogP contribution in [0, 0.1) is 11.3 Å². The third-order valence-corrected chi connectivity index (χ3v) is 10.2. The van der Waals surface area contributed by atoms with Gasteiger partial charge in [0.25, 0.3) is 8.32 Å². The Hall–Kier alpha value is -1.93. The van der Waals surface area contributed by atoms with Crippen molar-refractivity contribution in [3.63, 3.8) is 0 Å². The largest absolute Gasteiger partial charge is 0.405 e. The summed E-state index contributed by atoms with van der Waals surface area (Å²) in [5.74, 6) is 0. The van der Waals surface area contributed by atoms with E-state index in [2.05, 4.69) is 75.4 Å². The van der Waals surface area contributed by atoms with Gasteiger partial charge in [-0.3, -0.25) is 0 Å². The Labute approximate surface area is 157 Å². The van der Waals surface area contributed by atoms with E-state index in [1.165, 1.54) is 10.4 Å². The van der Waals surface area contributed by atoms with Gasteiger partial charge >= 0.3 is 0 Å². The van der Waals surface area contributed by atoms with Gasteiger partial charge in [0.05, 0.1) is 18.8 Å². The Bertz CT molecular complexity index is 710. The molecule has 0 aliphatic carbocycles. The molecule has 4 heteroatoms. The van der Waals surface area contributed by atoms with E-state index in [1.807, 2.05) is 12.1 Å². The zero-order chi connectivity index (χ0) is 18.6. The topological polar surface area (TPSA) is 42.2 Å². The molecule has 1 saturated heterocycles. The Kier molecular flexibility index (Phi) is 5.62. The van der Waals surface area contributed by atoms with Gasteiger partial charge < -0.3 is 9.16 Å². The summed E-state index contributed by atoms with van der Waals surface area (Å²) in [5, 5.41) is 11.6. The first-order chi connectivity index (χ1) is 12.5. The number of benzene rings is 2. The van der Waals surface area contributed by atoms with Gasteiger partial charge in [-0.2, -0.15) is 5.26 Å². The van der Waals surface area contributed by atoms with Crippen molar-refractivity contribution in [1.82, 2.24) is 0 Å². The average molecular weight is 366 g/mol. The molecule has 0 bridgehead atoms. The molecule has 2 atom stereocenters. The van der Waals surface area contributed by atoms with Crippen molar-refractivity contribution in [2.45, 2.75) is 50.9 Å². The smallest absolute Gasteiger partial charge is 0.261 e. The number of nitrogens with zero attached hydrogens (tertiary/aromatic N) is 1. The Balaban J connectivity index is 1.99. The Morgan fingerprint density at radius 2 is 1.54 bits per heavy atom. The van der Waals surface area contributed by atoms with Crippen LogP contribution in [0.3, 0.4) is 0 Å². The number of nitriles is 1. The molecule has 3 nitrogen and oxygen atoms in total. The molecule has 1 fully saturated rings. The number of rotatable bonds is 5. The fourth-order valence-corrected chi connectivity index (χ4v) is 8.49. The first-order valence-corrected chi connectivity index (χ1v) is 11.2. The van der Waals surface area contributed by atoms with Crippen LogP contribution in [0.1, 0.15) is 33.6 Å². The summed E-state index contributed by atoms with van der Waals surface area (Å²) in [7, 11) is -2.51. The fourth-order valence-electron chi connectivity index (χ4n) is 3.90. The van der Waals surface area contributed by atoms with E-state index in [0.717, 1.165) is 12.8 Å². The third kappa shape index (κ3) is 3.61. The Morgan fingerprint density at radius 3 is 1.96 bits per heavy atom. The summed E-state index contributed by atoms with van der Waals surface area (Å²) >= 11 is 0.